The number of piperazine rings is 1. The molecular weight excluding hydrogens is 772 g/mol. The minimum absolute atomic E-state index is 0.431. The molecule has 0 atom stereocenters. The highest BCUT2D eigenvalue weighted by atomic mass is 16.5. The first-order valence-electron chi connectivity index (χ1n) is 18.0. The predicted molar refractivity (Wildman–Crippen MR) is 213 cm³/mol. The Balaban J connectivity index is 0.000000317. The van der Waals surface area contributed by atoms with Crippen LogP contribution in [0.3, 0.4) is 0 Å². The number of carboxylic acids is 6. The number of hydrogen-bond donors (Lipinski definition) is 8. The van der Waals surface area contributed by atoms with Crippen LogP contribution >= 0.6 is 0 Å². The fourth-order valence-corrected chi connectivity index (χ4v) is 6.11. The highest BCUT2D eigenvalue weighted by Gasteiger charge is 2.29. The molecule has 2 aliphatic rings. The summed E-state index contributed by atoms with van der Waals surface area (Å²) >= 11 is 0. The zero-order valence-corrected chi connectivity index (χ0v) is 31.5. The van der Waals surface area contributed by atoms with Crippen LogP contribution in [0, 0.1) is 0 Å². The van der Waals surface area contributed by atoms with Crippen molar-refractivity contribution >= 4 is 52.7 Å². The number of nitrogen functional groups attached to an aromatic ring is 1. The molecule has 4 aromatic rings. The third-order valence-corrected chi connectivity index (χ3v) is 8.62. The summed E-state index contributed by atoms with van der Waals surface area (Å²) in [6, 6.07) is 19.1. The van der Waals surface area contributed by atoms with Crippen molar-refractivity contribution in [2.45, 2.75) is 37.8 Å². The Morgan fingerprint density at radius 2 is 1.07 bits per heavy atom. The lowest BCUT2D eigenvalue weighted by Crippen LogP contribution is -2.49. The van der Waals surface area contributed by atoms with Gasteiger partial charge in [-0.1, -0.05) is 30.3 Å². The van der Waals surface area contributed by atoms with Crippen LogP contribution in [0.1, 0.15) is 31.7 Å². The number of nitrogens with zero attached hydrogens (tertiary/aromatic N) is 4. The van der Waals surface area contributed by atoms with Crippen LogP contribution in [0.4, 0.5) is 5.82 Å². The minimum atomic E-state index is -1.26. The van der Waals surface area contributed by atoms with Gasteiger partial charge in [0.2, 0.25) is 0 Å². The second-order valence-corrected chi connectivity index (χ2v) is 12.6. The second kappa shape index (κ2) is 23.6. The van der Waals surface area contributed by atoms with E-state index in [2.05, 4.69) is 43.1 Å². The van der Waals surface area contributed by atoms with E-state index in [1.165, 1.54) is 25.9 Å². The third-order valence-electron chi connectivity index (χ3n) is 8.62. The molecule has 2 aromatic carbocycles. The highest BCUT2D eigenvalue weighted by molar-refractivity contribution is 6.00. The Hall–Kier alpha value is -7.38. The van der Waals surface area contributed by atoms with Gasteiger partial charge in [0, 0.05) is 86.5 Å². The fourth-order valence-electron chi connectivity index (χ4n) is 6.11. The van der Waals surface area contributed by atoms with E-state index in [0.29, 0.717) is 54.4 Å². The number of hydrogen-bond acceptors (Lipinski definition) is 12. The van der Waals surface area contributed by atoms with Crippen LogP contribution < -0.4 is 15.8 Å². The summed E-state index contributed by atoms with van der Waals surface area (Å²) in [6.07, 6.45) is 11.9. The standard InChI is InChI=1S/C28H32N6O.3C4H4O4/c29-27-26-25(20-6-12-24(13-7-20)35-23-4-2-1-3-5-23)18-34(28(26)32-19-31-27)22-10-8-21(9-11-22)33-16-14-30-15-17-33;3*5-3(6)1-2-4(7)8/h1-7,12-13,18-19,21-22,30H,8-11,14-17H2,(H2,29,31,32);3*1-2H,(H,5,6)(H,7,8)/b;3*2-1-. The molecule has 19 nitrogen and oxygen atoms in total. The number of aromatic nitrogens is 3. The van der Waals surface area contributed by atoms with Gasteiger partial charge in [0.25, 0.3) is 0 Å². The molecule has 59 heavy (non-hydrogen) atoms. The number of aliphatic carboxylic acids is 6. The average molecular weight is 817 g/mol. The first kappa shape index (κ1) is 46.0. The molecule has 1 aliphatic carbocycles. The van der Waals surface area contributed by atoms with Gasteiger partial charge in [-0.25, -0.2) is 38.7 Å². The second-order valence-electron chi connectivity index (χ2n) is 12.6. The van der Waals surface area contributed by atoms with Crippen molar-refractivity contribution in [1.29, 1.82) is 0 Å². The van der Waals surface area contributed by atoms with Crippen molar-refractivity contribution in [2.75, 3.05) is 31.9 Å². The molecule has 0 bridgehead atoms. The normalized spacial score (nSPS) is 16.5. The van der Waals surface area contributed by atoms with Crippen molar-refractivity contribution in [1.82, 2.24) is 24.8 Å². The summed E-state index contributed by atoms with van der Waals surface area (Å²) in [6.45, 7) is 4.55. The summed E-state index contributed by atoms with van der Waals surface area (Å²) in [4.78, 5) is 69.0. The lowest BCUT2D eigenvalue weighted by Gasteiger charge is -2.39. The van der Waals surface area contributed by atoms with Crippen molar-refractivity contribution in [3.63, 3.8) is 0 Å². The number of fused-ring (bicyclic) bond motifs is 1. The molecule has 0 amide bonds. The van der Waals surface area contributed by atoms with Gasteiger partial charge in [-0.15, -0.1) is 0 Å². The average Bonchev–Trinajstić information content (AvgIpc) is 3.61. The number of anilines is 1. The summed E-state index contributed by atoms with van der Waals surface area (Å²) in [5.41, 5.74) is 9.49. The summed E-state index contributed by atoms with van der Waals surface area (Å²) in [5.74, 6) is -5.38. The number of nitrogens with one attached hydrogen (secondary N) is 1. The van der Waals surface area contributed by atoms with E-state index in [4.69, 9.17) is 41.1 Å². The van der Waals surface area contributed by atoms with Gasteiger partial charge in [-0.3, -0.25) is 4.90 Å². The number of ether oxygens (including phenoxy) is 1. The molecule has 6 rings (SSSR count). The number of carboxylic acid groups (broad SMARTS) is 6. The molecular formula is C40H44N6O13. The molecule has 2 fully saturated rings. The molecule has 312 valence electrons. The summed E-state index contributed by atoms with van der Waals surface area (Å²) < 4.78 is 8.33. The van der Waals surface area contributed by atoms with Crippen LogP contribution in [0.2, 0.25) is 0 Å². The molecule has 1 saturated carbocycles. The third kappa shape index (κ3) is 16.3. The van der Waals surface area contributed by atoms with Crippen molar-refractivity contribution in [3.8, 4) is 22.6 Å². The maximum Gasteiger partial charge on any atom is 0.328 e. The quantitative estimate of drug-likeness (QED) is 0.0992. The molecule has 2 aromatic heterocycles. The first-order chi connectivity index (χ1) is 28.1. The summed E-state index contributed by atoms with van der Waals surface area (Å²) in [7, 11) is 0. The zero-order chi connectivity index (χ0) is 43.3. The van der Waals surface area contributed by atoms with E-state index in [1.807, 2.05) is 42.5 Å². The van der Waals surface area contributed by atoms with Crippen molar-refractivity contribution < 1.29 is 64.1 Å². The number of carbonyl (C=O) groups is 6. The number of nitrogens with two attached hydrogens (primary N) is 1. The smallest absolute Gasteiger partial charge is 0.328 e. The molecule has 0 radical (unpaired) electrons. The van der Waals surface area contributed by atoms with Gasteiger partial charge in [-0.05, 0) is 55.5 Å². The molecule has 3 heterocycles. The Morgan fingerprint density at radius 1 is 0.627 bits per heavy atom. The fraction of sp³-hybridized carbons (Fsp3) is 0.250. The van der Waals surface area contributed by atoms with Crippen LogP contribution in [0.5, 0.6) is 11.5 Å². The number of benzene rings is 2. The van der Waals surface area contributed by atoms with E-state index in [0.717, 1.165) is 59.6 Å². The van der Waals surface area contributed by atoms with E-state index >= 15 is 0 Å². The van der Waals surface area contributed by atoms with Gasteiger partial charge < -0.3 is 51.0 Å². The SMILES string of the molecule is Nc1ncnc2c1c(-c1ccc(Oc3ccccc3)cc1)cn2C1CCC(N2CCNCC2)CC1.O=C(O)/C=C\C(=O)O.O=C(O)/C=C\C(=O)O.O=C(O)/C=C\C(=O)O. The van der Waals surface area contributed by atoms with Gasteiger partial charge in [0.1, 0.15) is 29.3 Å². The topological polar surface area (TPSA) is 305 Å². The predicted octanol–water partition coefficient (Wildman–Crippen LogP) is 4.00. The minimum Gasteiger partial charge on any atom is -0.478 e. The van der Waals surface area contributed by atoms with Crippen LogP contribution in [-0.2, 0) is 28.8 Å². The molecule has 1 saturated heterocycles. The molecule has 9 N–H and O–H groups in total. The van der Waals surface area contributed by atoms with E-state index < -0.39 is 35.8 Å². The first-order valence-corrected chi connectivity index (χ1v) is 18.0. The van der Waals surface area contributed by atoms with Crippen LogP contribution in [0.25, 0.3) is 22.2 Å². The number of rotatable bonds is 11. The Bertz CT molecular complexity index is 2010. The molecule has 0 unspecified atom stereocenters. The van der Waals surface area contributed by atoms with Gasteiger partial charge in [-0.2, -0.15) is 0 Å². The molecule has 0 spiro atoms. The van der Waals surface area contributed by atoms with Crippen LogP contribution in [0.15, 0.2) is 104 Å². The molecule has 19 heteroatoms. The van der Waals surface area contributed by atoms with Crippen LogP contribution in [-0.4, -0.2) is 118 Å². The summed E-state index contributed by atoms with van der Waals surface area (Å²) in [5, 5.41) is 51.3. The lowest BCUT2D eigenvalue weighted by atomic mass is 9.89. The lowest BCUT2D eigenvalue weighted by molar-refractivity contribution is -0.134. The largest absolute Gasteiger partial charge is 0.478 e. The maximum atomic E-state index is 9.55. The molecule has 1 aliphatic heterocycles. The zero-order valence-electron chi connectivity index (χ0n) is 31.5. The van der Waals surface area contributed by atoms with Gasteiger partial charge >= 0.3 is 35.8 Å². The maximum absolute atomic E-state index is 9.55. The monoisotopic (exact) mass is 816 g/mol. The van der Waals surface area contributed by atoms with Crippen molar-refractivity contribution in [3.05, 3.63) is 104 Å². The Kier molecular flexibility index (Phi) is 18.4. The Labute approximate surface area is 337 Å². The van der Waals surface area contributed by atoms with Gasteiger partial charge in [0.15, 0.2) is 0 Å². The van der Waals surface area contributed by atoms with E-state index in [-0.39, 0.29) is 0 Å². The van der Waals surface area contributed by atoms with E-state index in [1.54, 1.807) is 6.33 Å². The highest BCUT2D eigenvalue weighted by Crippen LogP contribution is 2.39. The van der Waals surface area contributed by atoms with Crippen molar-refractivity contribution in [2.24, 2.45) is 0 Å². The van der Waals surface area contributed by atoms with Gasteiger partial charge in [0.05, 0.1) is 5.39 Å². The Morgan fingerprint density at radius 3 is 1.53 bits per heavy atom. The van der Waals surface area contributed by atoms with E-state index in [9.17, 15) is 28.8 Å². The number of para-hydroxylation sites is 1.